The summed E-state index contributed by atoms with van der Waals surface area (Å²) in [5.74, 6) is 1.41. The van der Waals surface area contributed by atoms with E-state index in [1.54, 1.807) is 14.2 Å². The third-order valence-corrected chi connectivity index (χ3v) is 2.65. The highest BCUT2D eigenvalue weighted by Crippen LogP contribution is 2.06. The van der Waals surface area contributed by atoms with E-state index in [2.05, 4.69) is 34.5 Å². The molecule has 0 aliphatic carbocycles. The zero-order chi connectivity index (χ0) is 13.4. The second kappa shape index (κ2) is 7.53. The molecule has 18 heavy (non-hydrogen) atoms. The van der Waals surface area contributed by atoms with Crippen molar-refractivity contribution in [3.63, 3.8) is 0 Å². The second-order valence-electron chi connectivity index (χ2n) is 4.05. The molecule has 0 aliphatic heterocycles. The normalized spacial score (nSPS) is 13.0. The minimum absolute atomic E-state index is 0.398. The zero-order valence-electron chi connectivity index (χ0n) is 11.5. The molecule has 100 valence electrons. The van der Waals surface area contributed by atoms with Crippen LogP contribution in [-0.4, -0.2) is 31.1 Å². The highest BCUT2D eigenvalue weighted by atomic mass is 16.5. The molecule has 0 spiro atoms. The molecule has 1 rings (SSSR count). The second-order valence-corrected chi connectivity index (χ2v) is 4.05. The molecule has 1 atom stereocenters. The number of nitrogens with one attached hydrogen (secondary N) is 2. The van der Waals surface area contributed by atoms with Crippen LogP contribution in [0, 0.1) is 0 Å². The van der Waals surface area contributed by atoms with Gasteiger partial charge in [-0.3, -0.25) is 4.99 Å². The number of hydrogen-bond donors (Lipinski definition) is 2. The van der Waals surface area contributed by atoms with Crippen LogP contribution in [0.5, 0.6) is 5.88 Å². The Morgan fingerprint density at radius 2 is 2.28 bits per heavy atom. The molecule has 1 heterocycles. The fourth-order valence-corrected chi connectivity index (χ4v) is 1.37. The van der Waals surface area contributed by atoms with Crippen molar-refractivity contribution >= 4 is 5.96 Å². The van der Waals surface area contributed by atoms with E-state index < -0.39 is 0 Å². The lowest BCUT2D eigenvalue weighted by atomic mass is 10.3. The van der Waals surface area contributed by atoms with Crippen molar-refractivity contribution in [2.45, 2.75) is 32.9 Å². The summed E-state index contributed by atoms with van der Waals surface area (Å²) in [6.07, 6.45) is 1.05. The van der Waals surface area contributed by atoms with Crippen LogP contribution in [0.2, 0.25) is 0 Å². The van der Waals surface area contributed by atoms with E-state index in [1.807, 2.05) is 18.2 Å². The molecule has 2 N–H and O–H groups in total. The Morgan fingerprint density at radius 3 is 2.89 bits per heavy atom. The summed E-state index contributed by atoms with van der Waals surface area (Å²) in [5, 5.41) is 6.52. The van der Waals surface area contributed by atoms with Crippen LogP contribution in [0.3, 0.4) is 0 Å². The lowest BCUT2D eigenvalue weighted by Gasteiger charge is -2.16. The summed E-state index contributed by atoms with van der Waals surface area (Å²) >= 11 is 0. The average molecular weight is 250 g/mol. The van der Waals surface area contributed by atoms with E-state index >= 15 is 0 Å². The molecule has 0 amide bonds. The molecular weight excluding hydrogens is 228 g/mol. The van der Waals surface area contributed by atoms with Crippen LogP contribution < -0.4 is 15.4 Å². The van der Waals surface area contributed by atoms with Crippen LogP contribution in [0.4, 0.5) is 0 Å². The van der Waals surface area contributed by atoms with Crippen molar-refractivity contribution in [2.24, 2.45) is 4.99 Å². The van der Waals surface area contributed by atoms with Gasteiger partial charge in [-0.05, 0) is 19.4 Å². The maximum atomic E-state index is 5.09. The fourth-order valence-electron chi connectivity index (χ4n) is 1.37. The summed E-state index contributed by atoms with van der Waals surface area (Å²) in [7, 11) is 3.37. The number of nitrogens with zero attached hydrogens (tertiary/aromatic N) is 2. The summed E-state index contributed by atoms with van der Waals surface area (Å²) in [6.45, 7) is 4.87. The van der Waals surface area contributed by atoms with Gasteiger partial charge in [-0.2, -0.15) is 0 Å². The van der Waals surface area contributed by atoms with Crippen molar-refractivity contribution in [1.29, 1.82) is 0 Å². The molecule has 0 aliphatic rings. The number of aromatic nitrogens is 1. The molecule has 0 aromatic carbocycles. The van der Waals surface area contributed by atoms with E-state index in [-0.39, 0.29) is 0 Å². The van der Waals surface area contributed by atoms with Gasteiger partial charge >= 0.3 is 0 Å². The SMILES string of the molecule is CCC(C)NC(=NC)NCc1cccc(OC)n1. The van der Waals surface area contributed by atoms with Crippen molar-refractivity contribution in [3.05, 3.63) is 23.9 Å². The largest absolute Gasteiger partial charge is 0.481 e. The third kappa shape index (κ3) is 4.61. The summed E-state index contributed by atoms with van der Waals surface area (Å²) in [6, 6.07) is 6.10. The van der Waals surface area contributed by atoms with Crippen molar-refractivity contribution < 1.29 is 4.74 Å². The summed E-state index contributed by atoms with van der Waals surface area (Å²) < 4.78 is 5.09. The fraction of sp³-hybridized carbons (Fsp3) is 0.538. The molecule has 5 heteroatoms. The minimum atomic E-state index is 0.398. The highest BCUT2D eigenvalue weighted by Gasteiger charge is 2.03. The van der Waals surface area contributed by atoms with Gasteiger partial charge < -0.3 is 15.4 Å². The van der Waals surface area contributed by atoms with E-state index in [4.69, 9.17) is 4.74 Å². The third-order valence-electron chi connectivity index (χ3n) is 2.65. The van der Waals surface area contributed by atoms with E-state index in [0.717, 1.165) is 18.1 Å². The lowest BCUT2D eigenvalue weighted by molar-refractivity contribution is 0.396. The molecule has 1 aromatic rings. The maximum Gasteiger partial charge on any atom is 0.213 e. The van der Waals surface area contributed by atoms with Gasteiger partial charge in [0.05, 0.1) is 19.3 Å². The van der Waals surface area contributed by atoms with Gasteiger partial charge in [0, 0.05) is 19.2 Å². The first kappa shape index (κ1) is 14.3. The average Bonchev–Trinajstić information content (AvgIpc) is 2.43. The van der Waals surface area contributed by atoms with Crippen molar-refractivity contribution in [1.82, 2.24) is 15.6 Å². The van der Waals surface area contributed by atoms with Crippen LogP contribution in [0.1, 0.15) is 26.0 Å². The zero-order valence-corrected chi connectivity index (χ0v) is 11.5. The van der Waals surface area contributed by atoms with Crippen LogP contribution in [-0.2, 0) is 6.54 Å². The Morgan fingerprint density at radius 1 is 1.50 bits per heavy atom. The number of aliphatic imine (C=N–C) groups is 1. The van der Waals surface area contributed by atoms with Gasteiger partial charge in [0.1, 0.15) is 0 Å². The van der Waals surface area contributed by atoms with Crippen LogP contribution >= 0.6 is 0 Å². The van der Waals surface area contributed by atoms with Crippen LogP contribution in [0.15, 0.2) is 23.2 Å². The molecular formula is C13H22N4O. The number of pyridine rings is 1. The highest BCUT2D eigenvalue weighted by molar-refractivity contribution is 5.79. The summed E-state index contributed by atoms with van der Waals surface area (Å²) in [5.41, 5.74) is 0.918. The molecule has 0 saturated heterocycles. The monoisotopic (exact) mass is 250 g/mol. The Balaban J connectivity index is 2.52. The van der Waals surface area contributed by atoms with E-state index in [1.165, 1.54) is 0 Å². The topological polar surface area (TPSA) is 58.5 Å². The predicted octanol–water partition coefficient (Wildman–Crippen LogP) is 1.55. The maximum absolute atomic E-state index is 5.09. The standard InChI is InChI=1S/C13H22N4O/c1-5-10(2)16-13(14-3)15-9-11-7-6-8-12(17-11)18-4/h6-8,10H,5,9H2,1-4H3,(H2,14,15,16). The van der Waals surface area contributed by atoms with E-state index in [0.29, 0.717) is 18.5 Å². The van der Waals surface area contributed by atoms with Crippen molar-refractivity contribution in [3.8, 4) is 5.88 Å². The Hall–Kier alpha value is -1.78. The van der Waals surface area contributed by atoms with E-state index in [9.17, 15) is 0 Å². The molecule has 1 aromatic heterocycles. The molecule has 5 nitrogen and oxygen atoms in total. The van der Waals surface area contributed by atoms with Gasteiger partial charge in [-0.1, -0.05) is 13.0 Å². The Labute approximate surface area is 109 Å². The number of rotatable bonds is 5. The first-order valence-corrected chi connectivity index (χ1v) is 6.16. The smallest absolute Gasteiger partial charge is 0.213 e. The molecule has 0 fully saturated rings. The number of guanidine groups is 1. The molecule has 0 bridgehead atoms. The van der Waals surface area contributed by atoms with Gasteiger partial charge in [0.2, 0.25) is 5.88 Å². The number of hydrogen-bond acceptors (Lipinski definition) is 3. The van der Waals surface area contributed by atoms with Gasteiger partial charge in [-0.15, -0.1) is 0 Å². The Bertz CT molecular complexity index is 392. The molecule has 0 saturated carbocycles. The number of methoxy groups -OCH3 is 1. The Kier molecular flexibility index (Phi) is 5.97. The van der Waals surface area contributed by atoms with Crippen LogP contribution in [0.25, 0.3) is 0 Å². The summed E-state index contributed by atoms with van der Waals surface area (Å²) in [4.78, 5) is 8.50. The first-order chi connectivity index (χ1) is 8.69. The first-order valence-electron chi connectivity index (χ1n) is 6.16. The van der Waals surface area contributed by atoms with Crippen molar-refractivity contribution in [2.75, 3.05) is 14.2 Å². The van der Waals surface area contributed by atoms with Gasteiger partial charge in [-0.25, -0.2) is 4.98 Å². The van der Waals surface area contributed by atoms with Gasteiger partial charge in [0.15, 0.2) is 5.96 Å². The lowest BCUT2D eigenvalue weighted by Crippen LogP contribution is -2.41. The minimum Gasteiger partial charge on any atom is -0.481 e. The quantitative estimate of drug-likeness (QED) is 0.615. The molecule has 0 radical (unpaired) electrons. The van der Waals surface area contributed by atoms with Gasteiger partial charge in [0.25, 0.3) is 0 Å². The predicted molar refractivity (Wildman–Crippen MR) is 73.9 cm³/mol. The molecule has 1 unspecified atom stereocenters. The number of ether oxygens (including phenoxy) is 1.